The van der Waals surface area contributed by atoms with E-state index in [1.54, 1.807) is 10.7 Å². The number of rotatable bonds is 8. The van der Waals surface area contributed by atoms with Crippen molar-refractivity contribution in [1.29, 1.82) is 0 Å². The molecule has 0 spiro atoms. The predicted octanol–water partition coefficient (Wildman–Crippen LogP) is 5.58. The molecule has 3 aromatic heterocycles. The van der Waals surface area contributed by atoms with E-state index in [1.165, 1.54) is 18.3 Å². The molecular weight excluding hydrogens is 477 g/mol. The van der Waals surface area contributed by atoms with Gasteiger partial charge in [-0.3, -0.25) is 10.1 Å². The molecule has 0 aliphatic carbocycles. The number of nitrogens with one attached hydrogen (secondary N) is 3. The highest BCUT2D eigenvalue weighted by Crippen LogP contribution is 2.29. The van der Waals surface area contributed by atoms with E-state index >= 15 is 0 Å². The molecule has 3 heterocycles. The lowest BCUT2D eigenvalue weighted by Crippen LogP contribution is -2.22. The molecule has 194 valence electrons. The van der Waals surface area contributed by atoms with Gasteiger partial charge in [0.2, 0.25) is 0 Å². The maximum absolute atomic E-state index is 14.8. The Balaban J connectivity index is 1.47. The van der Waals surface area contributed by atoms with Crippen molar-refractivity contribution in [2.75, 3.05) is 10.6 Å². The minimum atomic E-state index is -0.681. The third kappa shape index (κ3) is 6.29. The summed E-state index contributed by atoms with van der Waals surface area (Å²) in [5, 5.41) is 10.0. The normalized spacial score (nSPS) is 11.5. The van der Waals surface area contributed by atoms with Crippen LogP contribution in [0.5, 0.6) is 11.5 Å². The molecule has 0 aliphatic rings. The summed E-state index contributed by atoms with van der Waals surface area (Å²) in [6.07, 6.45) is 5.63. The van der Waals surface area contributed by atoms with Crippen LogP contribution in [0.15, 0.2) is 47.5 Å². The fraction of sp³-hybridized carbons (Fsp3) is 0.346. The molecule has 4 rings (SSSR count). The number of pyridine rings is 1. The summed E-state index contributed by atoms with van der Waals surface area (Å²) in [6, 6.07) is 6.89. The van der Waals surface area contributed by atoms with Gasteiger partial charge in [-0.15, -0.1) is 0 Å². The first-order chi connectivity index (χ1) is 17.6. The summed E-state index contributed by atoms with van der Waals surface area (Å²) in [5.41, 5.74) is 0.846. The fourth-order valence-electron chi connectivity index (χ4n) is 3.63. The molecule has 11 heteroatoms. The third-order valence-corrected chi connectivity index (χ3v) is 5.62. The number of unbranched alkanes of at least 4 members (excludes halogenated alkanes) is 2. The Kier molecular flexibility index (Phi) is 7.51. The predicted molar refractivity (Wildman–Crippen MR) is 140 cm³/mol. The Bertz CT molecular complexity index is 1470. The largest absolute Gasteiger partial charge is 0.455 e. The number of fused-ring (bicyclic) bond motifs is 1. The average molecular weight is 508 g/mol. The van der Waals surface area contributed by atoms with Crippen molar-refractivity contribution < 1.29 is 13.9 Å². The van der Waals surface area contributed by atoms with Gasteiger partial charge in [-0.25, -0.2) is 23.8 Å². The molecule has 0 bridgehead atoms. The van der Waals surface area contributed by atoms with Gasteiger partial charge < -0.3 is 15.0 Å². The standard InChI is InChI=1S/C26H30FN7O3/c1-5-6-7-12-34-21(14-20(33-34)26(2,3)4)31-25(36)30-18-9-8-16(13-17(18)27)37-19-10-11-28-24-23(19)29-15-22(35)32-24/h8-11,13-15H,5-7,12H2,1-4H3,(H,28,32,35)(H2,30,31,36). The molecule has 0 saturated heterocycles. The number of urea groups is 1. The highest BCUT2D eigenvalue weighted by molar-refractivity contribution is 5.99. The number of benzene rings is 1. The number of halogens is 1. The number of aromatic nitrogens is 5. The third-order valence-electron chi connectivity index (χ3n) is 5.62. The molecule has 0 unspecified atom stereocenters. The van der Waals surface area contributed by atoms with E-state index in [1.807, 2.05) is 6.07 Å². The van der Waals surface area contributed by atoms with Crippen LogP contribution >= 0.6 is 0 Å². The van der Waals surface area contributed by atoms with Crippen LogP contribution in [0.25, 0.3) is 11.2 Å². The van der Waals surface area contributed by atoms with E-state index in [9.17, 15) is 14.0 Å². The van der Waals surface area contributed by atoms with Crippen molar-refractivity contribution in [3.8, 4) is 11.5 Å². The van der Waals surface area contributed by atoms with Crippen molar-refractivity contribution in [3.05, 3.63) is 64.6 Å². The summed E-state index contributed by atoms with van der Waals surface area (Å²) in [6.45, 7) is 8.96. The second-order valence-electron chi connectivity index (χ2n) is 9.67. The Morgan fingerprint density at radius 1 is 1.14 bits per heavy atom. The van der Waals surface area contributed by atoms with Gasteiger partial charge in [0, 0.05) is 36.4 Å². The Labute approximate surface area is 213 Å². The van der Waals surface area contributed by atoms with Gasteiger partial charge >= 0.3 is 6.03 Å². The summed E-state index contributed by atoms with van der Waals surface area (Å²) in [5.74, 6) is 0.353. The van der Waals surface area contributed by atoms with Crippen LogP contribution in [0.2, 0.25) is 0 Å². The number of hydrogen-bond donors (Lipinski definition) is 3. The smallest absolute Gasteiger partial charge is 0.324 e. The summed E-state index contributed by atoms with van der Waals surface area (Å²) in [4.78, 5) is 34.8. The maximum Gasteiger partial charge on any atom is 0.324 e. The molecule has 4 aromatic rings. The molecule has 0 radical (unpaired) electrons. The number of carbonyl (C=O) groups is 1. The van der Waals surface area contributed by atoms with Gasteiger partial charge in [-0.05, 0) is 18.6 Å². The van der Waals surface area contributed by atoms with Crippen molar-refractivity contribution in [2.45, 2.75) is 58.9 Å². The first-order valence-corrected chi connectivity index (χ1v) is 12.1. The van der Waals surface area contributed by atoms with Crippen molar-refractivity contribution in [2.24, 2.45) is 0 Å². The quantitative estimate of drug-likeness (QED) is 0.267. The topological polar surface area (TPSA) is 127 Å². The minimum absolute atomic E-state index is 0.0139. The number of amides is 2. The zero-order valence-corrected chi connectivity index (χ0v) is 21.3. The van der Waals surface area contributed by atoms with Crippen LogP contribution in [0, 0.1) is 5.82 Å². The molecule has 3 N–H and O–H groups in total. The molecule has 0 fully saturated rings. The van der Waals surface area contributed by atoms with E-state index in [-0.39, 0.29) is 22.5 Å². The SMILES string of the molecule is CCCCCn1nc(C(C)(C)C)cc1NC(=O)Nc1ccc(Oc2ccnc3[nH]c(=O)cnc23)cc1F. The summed E-state index contributed by atoms with van der Waals surface area (Å²) >= 11 is 0. The zero-order valence-electron chi connectivity index (χ0n) is 21.3. The van der Waals surface area contributed by atoms with E-state index in [2.05, 4.69) is 58.4 Å². The van der Waals surface area contributed by atoms with Gasteiger partial charge in [0.15, 0.2) is 11.4 Å². The molecule has 0 saturated carbocycles. The van der Waals surface area contributed by atoms with Crippen LogP contribution < -0.4 is 20.9 Å². The number of aromatic amines is 1. The van der Waals surface area contributed by atoms with Crippen molar-refractivity contribution in [1.82, 2.24) is 24.7 Å². The second-order valence-corrected chi connectivity index (χ2v) is 9.67. The van der Waals surface area contributed by atoms with Gasteiger partial charge in [0.25, 0.3) is 5.56 Å². The van der Waals surface area contributed by atoms with Crippen LogP contribution in [0.3, 0.4) is 0 Å². The second kappa shape index (κ2) is 10.8. The molecule has 0 aliphatic heterocycles. The maximum atomic E-state index is 14.8. The van der Waals surface area contributed by atoms with E-state index < -0.39 is 17.4 Å². The first kappa shape index (κ1) is 25.8. The Morgan fingerprint density at radius 2 is 1.95 bits per heavy atom. The average Bonchev–Trinajstić information content (AvgIpc) is 3.24. The fourth-order valence-corrected chi connectivity index (χ4v) is 3.63. The molecular formula is C26H30FN7O3. The minimum Gasteiger partial charge on any atom is -0.455 e. The highest BCUT2D eigenvalue weighted by atomic mass is 19.1. The lowest BCUT2D eigenvalue weighted by Gasteiger charge is -2.14. The van der Waals surface area contributed by atoms with Gasteiger partial charge in [0.1, 0.15) is 22.9 Å². The number of anilines is 2. The number of H-pyrrole nitrogens is 1. The number of nitrogens with zero attached hydrogens (tertiary/aromatic N) is 4. The van der Waals surface area contributed by atoms with Crippen LogP contribution in [0.1, 0.15) is 52.7 Å². The zero-order chi connectivity index (χ0) is 26.6. The molecule has 1 aromatic carbocycles. The van der Waals surface area contributed by atoms with Crippen LogP contribution in [-0.2, 0) is 12.0 Å². The monoisotopic (exact) mass is 507 g/mol. The first-order valence-electron chi connectivity index (χ1n) is 12.1. The van der Waals surface area contributed by atoms with E-state index in [0.717, 1.165) is 37.2 Å². The summed E-state index contributed by atoms with van der Waals surface area (Å²) in [7, 11) is 0. The van der Waals surface area contributed by atoms with Crippen LogP contribution in [-0.4, -0.2) is 30.8 Å². The van der Waals surface area contributed by atoms with Crippen LogP contribution in [0.4, 0.5) is 20.7 Å². The number of aryl methyl sites for hydroxylation is 1. The summed E-state index contributed by atoms with van der Waals surface area (Å²) < 4.78 is 22.4. The van der Waals surface area contributed by atoms with Gasteiger partial charge in [-0.2, -0.15) is 5.10 Å². The lowest BCUT2D eigenvalue weighted by molar-refractivity contribution is 0.262. The van der Waals surface area contributed by atoms with Gasteiger partial charge in [0.05, 0.1) is 17.6 Å². The number of ether oxygens (including phenoxy) is 1. The Hall–Kier alpha value is -4.28. The molecule has 37 heavy (non-hydrogen) atoms. The van der Waals surface area contributed by atoms with Crippen molar-refractivity contribution in [3.63, 3.8) is 0 Å². The van der Waals surface area contributed by atoms with Crippen molar-refractivity contribution >= 4 is 28.7 Å². The molecule has 10 nitrogen and oxygen atoms in total. The molecule has 2 amide bonds. The molecule has 0 atom stereocenters. The number of hydrogen-bond acceptors (Lipinski definition) is 6. The number of carbonyl (C=O) groups excluding carboxylic acids is 1. The lowest BCUT2D eigenvalue weighted by atomic mass is 9.92. The Morgan fingerprint density at radius 3 is 2.68 bits per heavy atom. The van der Waals surface area contributed by atoms with E-state index in [4.69, 9.17) is 4.74 Å². The van der Waals surface area contributed by atoms with Gasteiger partial charge in [-0.1, -0.05) is 40.5 Å². The highest BCUT2D eigenvalue weighted by Gasteiger charge is 2.21. The van der Waals surface area contributed by atoms with E-state index in [0.29, 0.717) is 23.6 Å².